The molecule has 4 rings (SSSR count). The minimum atomic E-state index is -4.89. The van der Waals surface area contributed by atoms with Crippen molar-refractivity contribution in [2.24, 2.45) is 23.7 Å². The summed E-state index contributed by atoms with van der Waals surface area (Å²) in [5.74, 6) is -10.9. The Balaban J connectivity index is 1.36. The summed E-state index contributed by atoms with van der Waals surface area (Å²) in [5.41, 5.74) is -2.03. The molecule has 0 aliphatic heterocycles. The van der Waals surface area contributed by atoms with Crippen molar-refractivity contribution in [1.82, 2.24) is 0 Å². The molecule has 2 fully saturated rings. The van der Waals surface area contributed by atoms with Crippen LogP contribution in [0.5, 0.6) is 17.2 Å². The fraction of sp³-hybridized carbons (Fsp3) is 0.576. The lowest BCUT2D eigenvalue weighted by Crippen LogP contribution is -2.38. The minimum absolute atomic E-state index is 0.110. The Hall–Kier alpha value is -3.12. The average molecular weight is 671 g/mol. The van der Waals surface area contributed by atoms with Crippen molar-refractivity contribution in [3.8, 4) is 17.2 Å². The van der Waals surface area contributed by atoms with Gasteiger partial charge in [-0.15, -0.1) is 0 Å². The number of alkyl halides is 4. The Morgan fingerprint density at radius 1 is 0.717 bits per heavy atom. The van der Waals surface area contributed by atoms with Gasteiger partial charge in [-0.3, -0.25) is 0 Å². The van der Waals surface area contributed by atoms with E-state index in [1.54, 1.807) is 0 Å². The van der Waals surface area contributed by atoms with E-state index in [9.17, 15) is 35.1 Å². The smallest absolute Gasteiger partial charge is 0.432 e. The van der Waals surface area contributed by atoms with Crippen molar-refractivity contribution in [1.29, 1.82) is 0 Å². The van der Waals surface area contributed by atoms with E-state index in [1.807, 2.05) is 0 Å². The topological polar surface area (TPSA) is 27.7 Å². The number of halogens is 10. The van der Waals surface area contributed by atoms with E-state index in [2.05, 4.69) is 21.1 Å². The molecule has 2 aliphatic rings. The highest BCUT2D eigenvalue weighted by molar-refractivity contribution is 5.37. The minimum Gasteiger partial charge on any atom is -0.453 e. The zero-order valence-corrected chi connectivity index (χ0v) is 25.2. The normalized spacial score (nSPS) is 22.3. The molecule has 0 unspecified atom stereocenters. The number of rotatable bonds is 13. The van der Waals surface area contributed by atoms with Crippen LogP contribution in [0.2, 0.25) is 0 Å². The SMILES string of the molecule is CCCCCC1CCC(C2CCC(C(F)(F)Oc3cc(F)c(C(F)(F)Oc4cc(F)c(OC=C(F)F)c(F)c4)c(F)c3)CC2)CC1. The summed E-state index contributed by atoms with van der Waals surface area (Å²) in [7, 11) is 0. The highest BCUT2D eigenvalue weighted by atomic mass is 19.3. The first kappa shape index (κ1) is 35.7. The molecule has 3 nitrogen and oxygen atoms in total. The lowest BCUT2D eigenvalue weighted by molar-refractivity contribution is -0.224. The fourth-order valence-corrected chi connectivity index (χ4v) is 6.70. The standard InChI is InChI=1S/C33H36F10O3/c1-2-3-4-5-19-6-8-20(9-7-19)21-10-12-22(13-11-21)32(40,41)45-23-14-25(34)30(26(35)15-23)33(42,43)46-24-16-27(36)31(28(37)17-24)44-18-29(38)39/h14-22H,2-13H2,1H3. The summed E-state index contributed by atoms with van der Waals surface area (Å²) < 4.78 is 154. The summed E-state index contributed by atoms with van der Waals surface area (Å²) in [4.78, 5) is 0. The van der Waals surface area contributed by atoms with Gasteiger partial charge < -0.3 is 14.2 Å². The second kappa shape index (κ2) is 15.2. The molecular formula is C33H36F10O3. The number of hydrogen-bond donors (Lipinski definition) is 0. The first-order valence-electron chi connectivity index (χ1n) is 15.5. The van der Waals surface area contributed by atoms with E-state index in [0.29, 0.717) is 24.7 Å². The van der Waals surface area contributed by atoms with E-state index >= 15 is 8.78 Å². The highest BCUT2D eigenvalue weighted by Crippen LogP contribution is 2.46. The summed E-state index contributed by atoms with van der Waals surface area (Å²) in [6.07, 6.45) is -0.709. The van der Waals surface area contributed by atoms with Crippen LogP contribution < -0.4 is 14.2 Å². The number of ether oxygens (including phenoxy) is 3. The third-order valence-electron chi connectivity index (χ3n) is 9.07. The molecule has 256 valence electrons. The summed E-state index contributed by atoms with van der Waals surface area (Å²) in [6, 6.07) is 0.505. The highest BCUT2D eigenvalue weighted by Gasteiger charge is 2.46. The molecule has 0 bridgehead atoms. The van der Waals surface area contributed by atoms with Gasteiger partial charge in [-0.05, 0) is 56.3 Å². The fourth-order valence-electron chi connectivity index (χ4n) is 6.70. The molecule has 2 saturated carbocycles. The van der Waals surface area contributed by atoms with Gasteiger partial charge in [0.2, 0.25) is 0 Å². The average Bonchev–Trinajstić information content (AvgIpc) is 2.96. The van der Waals surface area contributed by atoms with Gasteiger partial charge in [0.15, 0.2) is 23.6 Å². The van der Waals surface area contributed by atoms with E-state index in [4.69, 9.17) is 0 Å². The van der Waals surface area contributed by atoms with Crippen LogP contribution >= 0.6 is 0 Å². The second-order valence-corrected chi connectivity index (χ2v) is 12.2. The summed E-state index contributed by atoms with van der Waals surface area (Å²) in [6.45, 7) is 2.17. The van der Waals surface area contributed by atoms with Crippen molar-refractivity contribution >= 4 is 0 Å². The van der Waals surface area contributed by atoms with Gasteiger partial charge in [0.05, 0.1) is 5.92 Å². The Bertz CT molecular complexity index is 1300. The van der Waals surface area contributed by atoms with E-state index in [0.717, 1.165) is 31.6 Å². The molecule has 46 heavy (non-hydrogen) atoms. The van der Waals surface area contributed by atoms with Crippen molar-refractivity contribution < 1.29 is 58.1 Å². The molecule has 0 spiro atoms. The van der Waals surface area contributed by atoms with Crippen molar-refractivity contribution in [2.45, 2.75) is 96.2 Å². The van der Waals surface area contributed by atoms with Crippen LogP contribution in [0, 0.1) is 46.9 Å². The summed E-state index contributed by atoms with van der Waals surface area (Å²) in [5, 5.41) is 0. The number of benzene rings is 2. The van der Waals surface area contributed by atoms with Crippen molar-refractivity contribution in [2.75, 3.05) is 0 Å². The van der Waals surface area contributed by atoms with Crippen LogP contribution in [-0.2, 0) is 6.11 Å². The molecule has 0 amide bonds. The first-order valence-corrected chi connectivity index (χ1v) is 15.5. The van der Waals surface area contributed by atoms with Crippen LogP contribution in [-0.4, -0.2) is 6.11 Å². The Labute approximate surface area is 260 Å². The lowest BCUT2D eigenvalue weighted by Gasteiger charge is -2.39. The van der Waals surface area contributed by atoms with Gasteiger partial charge in [-0.25, -0.2) is 17.6 Å². The number of hydrogen-bond acceptors (Lipinski definition) is 3. The molecule has 0 heterocycles. The molecule has 0 N–H and O–H groups in total. The molecule has 2 aliphatic carbocycles. The van der Waals surface area contributed by atoms with Crippen molar-refractivity contribution in [3.05, 3.63) is 65.4 Å². The molecule has 2 aromatic carbocycles. The molecule has 13 heteroatoms. The van der Waals surface area contributed by atoms with Gasteiger partial charge in [0.1, 0.15) is 28.7 Å². The van der Waals surface area contributed by atoms with Crippen LogP contribution in [0.25, 0.3) is 0 Å². The maximum atomic E-state index is 15.1. The van der Waals surface area contributed by atoms with Gasteiger partial charge in [0.25, 0.3) is 0 Å². The predicted molar refractivity (Wildman–Crippen MR) is 149 cm³/mol. The largest absolute Gasteiger partial charge is 0.453 e. The van der Waals surface area contributed by atoms with E-state index < -0.39 is 70.3 Å². The predicted octanol–water partition coefficient (Wildman–Crippen LogP) is 11.7. The monoisotopic (exact) mass is 670 g/mol. The van der Waals surface area contributed by atoms with Crippen LogP contribution in [0.1, 0.15) is 89.5 Å². The van der Waals surface area contributed by atoms with E-state index in [1.165, 1.54) is 25.7 Å². The quantitative estimate of drug-likeness (QED) is 0.121. The van der Waals surface area contributed by atoms with Crippen LogP contribution in [0.4, 0.5) is 43.9 Å². The molecular weight excluding hydrogens is 634 g/mol. The zero-order chi connectivity index (χ0) is 33.6. The maximum Gasteiger partial charge on any atom is 0.432 e. The Morgan fingerprint density at radius 2 is 1.22 bits per heavy atom. The van der Waals surface area contributed by atoms with Gasteiger partial charge >= 0.3 is 18.3 Å². The van der Waals surface area contributed by atoms with Gasteiger partial charge in [-0.2, -0.15) is 26.3 Å². The second-order valence-electron chi connectivity index (χ2n) is 12.2. The van der Waals surface area contributed by atoms with Crippen molar-refractivity contribution in [3.63, 3.8) is 0 Å². The Morgan fingerprint density at radius 3 is 1.74 bits per heavy atom. The molecule has 2 aromatic rings. The van der Waals surface area contributed by atoms with Gasteiger partial charge in [-0.1, -0.05) is 45.4 Å². The summed E-state index contributed by atoms with van der Waals surface area (Å²) >= 11 is 0. The molecule has 0 saturated heterocycles. The first-order chi connectivity index (χ1) is 21.7. The maximum absolute atomic E-state index is 15.1. The third kappa shape index (κ3) is 9.02. The third-order valence-corrected chi connectivity index (χ3v) is 9.07. The van der Waals surface area contributed by atoms with E-state index in [-0.39, 0.29) is 43.4 Å². The number of unbranched alkanes of at least 4 members (excludes halogenated alkanes) is 2. The Kier molecular flexibility index (Phi) is 11.8. The van der Waals surface area contributed by atoms with Crippen LogP contribution in [0.3, 0.4) is 0 Å². The molecule has 0 aromatic heterocycles. The zero-order valence-electron chi connectivity index (χ0n) is 25.2. The molecule has 0 radical (unpaired) electrons. The molecule has 0 atom stereocenters. The van der Waals surface area contributed by atoms with Crippen LogP contribution in [0.15, 0.2) is 36.6 Å². The van der Waals surface area contributed by atoms with Gasteiger partial charge in [0, 0.05) is 24.3 Å². The lowest BCUT2D eigenvalue weighted by atomic mass is 9.68.